The molecule has 3 aliphatic rings. The molecule has 1 aliphatic carbocycles. The third kappa shape index (κ3) is 3.60. The third-order valence-electron chi connectivity index (χ3n) is 7.00. The van der Waals surface area contributed by atoms with E-state index in [1.54, 1.807) is 0 Å². The van der Waals surface area contributed by atoms with Gasteiger partial charge in [-0.05, 0) is 36.8 Å². The van der Waals surface area contributed by atoms with Crippen LogP contribution in [0, 0.1) is 0 Å². The Morgan fingerprint density at radius 3 is 2.21 bits per heavy atom. The van der Waals surface area contributed by atoms with E-state index in [9.17, 15) is 4.79 Å². The highest BCUT2D eigenvalue weighted by atomic mass is 16.5. The predicted octanol–water partition coefficient (Wildman–Crippen LogP) is 3.78. The molecule has 0 radical (unpaired) electrons. The number of benzene rings is 2. The van der Waals surface area contributed by atoms with Crippen molar-refractivity contribution in [3.8, 4) is 0 Å². The lowest BCUT2D eigenvalue weighted by Crippen LogP contribution is -2.57. The van der Waals surface area contributed by atoms with Crippen LogP contribution in [0.1, 0.15) is 42.9 Å². The van der Waals surface area contributed by atoms with E-state index in [2.05, 4.69) is 64.4 Å². The Hall–Kier alpha value is -2.17. The van der Waals surface area contributed by atoms with E-state index in [1.807, 2.05) is 6.07 Å². The van der Waals surface area contributed by atoms with E-state index in [0.717, 1.165) is 44.1 Å². The smallest absolute Gasteiger partial charge is 0.234 e. The quantitative estimate of drug-likeness (QED) is 0.796. The first kappa shape index (κ1) is 18.8. The van der Waals surface area contributed by atoms with Crippen LogP contribution in [-0.4, -0.2) is 54.6 Å². The molecule has 152 valence electrons. The van der Waals surface area contributed by atoms with Crippen molar-refractivity contribution in [2.24, 2.45) is 0 Å². The van der Waals surface area contributed by atoms with Crippen LogP contribution in [0.3, 0.4) is 0 Å². The van der Waals surface area contributed by atoms with Gasteiger partial charge in [-0.1, -0.05) is 60.7 Å². The lowest BCUT2D eigenvalue weighted by atomic mass is 9.72. The molecule has 2 saturated heterocycles. The molecule has 2 aromatic carbocycles. The Morgan fingerprint density at radius 2 is 1.55 bits per heavy atom. The van der Waals surface area contributed by atoms with Gasteiger partial charge < -0.3 is 9.64 Å². The van der Waals surface area contributed by atoms with Crippen molar-refractivity contribution in [1.82, 2.24) is 9.80 Å². The summed E-state index contributed by atoms with van der Waals surface area (Å²) in [5.41, 5.74) is 1.93. The molecule has 0 spiro atoms. The van der Waals surface area contributed by atoms with Crippen molar-refractivity contribution in [2.75, 3.05) is 32.8 Å². The van der Waals surface area contributed by atoms with Gasteiger partial charge in [-0.15, -0.1) is 0 Å². The van der Waals surface area contributed by atoms with Gasteiger partial charge in [-0.3, -0.25) is 9.69 Å². The van der Waals surface area contributed by atoms with Crippen LogP contribution in [-0.2, 0) is 14.9 Å². The van der Waals surface area contributed by atoms with E-state index < -0.39 is 5.41 Å². The molecule has 0 N–H and O–H groups in total. The average Bonchev–Trinajstić information content (AvgIpc) is 3.65. The molecule has 1 amide bonds. The number of amides is 1. The normalized spacial score (nSPS) is 25.0. The second-order valence-electron chi connectivity index (χ2n) is 8.71. The van der Waals surface area contributed by atoms with Gasteiger partial charge in [0.05, 0.1) is 11.5 Å². The van der Waals surface area contributed by atoms with Gasteiger partial charge in [0.25, 0.3) is 0 Å². The first-order chi connectivity index (χ1) is 14.3. The molecule has 5 rings (SSSR count). The summed E-state index contributed by atoms with van der Waals surface area (Å²) in [5.74, 6) is 0.288. The van der Waals surface area contributed by atoms with Crippen LogP contribution in [0.2, 0.25) is 0 Å². The fraction of sp³-hybridized carbons (Fsp3) is 0.480. The van der Waals surface area contributed by atoms with Gasteiger partial charge in [0.15, 0.2) is 0 Å². The van der Waals surface area contributed by atoms with Gasteiger partial charge in [-0.25, -0.2) is 0 Å². The highest BCUT2D eigenvalue weighted by Gasteiger charge is 2.47. The summed E-state index contributed by atoms with van der Waals surface area (Å²) in [6.45, 7) is 4.05. The summed E-state index contributed by atoms with van der Waals surface area (Å²) in [4.78, 5) is 19.0. The molecule has 2 aromatic rings. The number of carbonyl (C=O) groups excluding carboxylic acids is 1. The van der Waals surface area contributed by atoms with E-state index in [0.29, 0.717) is 13.2 Å². The van der Waals surface area contributed by atoms with Gasteiger partial charge in [-0.2, -0.15) is 0 Å². The van der Waals surface area contributed by atoms with E-state index in [1.165, 1.54) is 18.4 Å². The number of nitrogens with zero attached hydrogens (tertiary/aromatic N) is 2. The van der Waals surface area contributed by atoms with Crippen molar-refractivity contribution < 1.29 is 9.53 Å². The largest absolute Gasteiger partial charge is 0.381 e. The molecule has 4 heteroatoms. The average molecular weight is 391 g/mol. The van der Waals surface area contributed by atoms with Crippen molar-refractivity contribution in [3.05, 3.63) is 71.8 Å². The number of ether oxygens (including phenoxy) is 1. The minimum absolute atomic E-state index is 0.126. The van der Waals surface area contributed by atoms with Crippen LogP contribution in [0.4, 0.5) is 0 Å². The second-order valence-corrected chi connectivity index (χ2v) is 8.71. The number of hydrogen-bond acceptors (Lipinski definition) is 3. The maximum absolute atomic E-state index is 14.2. The van der Waals surface area contributed by atoms with Gasteiger partial charge in [0, 0.05) is 38.9 Å². The Morgan fingerprint density at radius 1 is 0.897 bits per heavy atom. The van der Waals surface area contributed by atoms with Crippen molar-refractivity contribution in [1.29, 1.82) is 0 Å². The second kappa shape index (κ2) is 7.92. The third-order valence-corrected chi connectivity index (χ3v) is 7.00. The maximum Gasteiger partial charge on any atom is 0.234 e. The molecule has 0 bridgehead atoms. The van der Waals surface area contributed by atoms with Crippen molar-refractivity contribution in [2.45, 2.75) is 43.2 Å². The van der Waals surface area contributed by atoms with Crippen LogP contribution in [0.25, 0.3) is 0 Å². The summed E-state index contributed by atoms with van der Waals surface area (Å²) in [6, 6.07) is 21.8. The number of piperazine rings is 1. The molecular weight excluding hydrogens is 360 g/mol. The fourth-order valence-electron chi connectivity index (χ4n) is 5.16. The zero-order valence-electron chi connectivity index (χ0n) is 17.0. The summed E-state index contributed by atoms with van der Waals surface area (Å²) < 4.78 is 5.67. The monoisotopic (exact) mass is 390 g/mol. The fourth-order valence-corrected chi connectivity index (χ4v) is 5.16. The maximum atomic E-state index is 14.2. The Labute approximate surface area is 173 Å². The molecule has 2 heterocycles. The highest BCUT2D eigenvalue weighted by molar-refractivity contribution is 5.89. The Balaban J connectivity index is 1.50. The van der Waals surface area contributed by atoms with Crippen LogP contribution in [0.15, 0.2) is 60.7 Å². The molecule has 4 nitrogen and oxygen atoms in total. The highest BCUT2D eigenvalue weighted by Crippen LogP contribution is 2.41. The Kier molecular flexibility index (Phi) is 5.15. The van der Waals surface area contributed by atoms with Crippen molar-refractivity contribution >= 4 is 5.91 Å². The molecule has 1 atom stereocenters. The molecule has 1 unspecified atom stereocenters. The molecule has 0 aromatic heterocycles. The van der Waals surface area contributed by atoms with Gasteiger partial charge in [0.1, 0.15) is 0 Å². The van der Waals surface area contributed by atoms with Crippen molar-refractivity contribution in [3.63, 3.8) is 0 Å². The SMILES string of the molecule is O=C(N1CCN(C2CC2)CC1c1ccccc1)C1(c2ccccc2)CCOCC1. The van der Waals surface area contributed by atoms with Crippen LogP contribution in [0.5, 0.6) is 0 Å². The molecule has 3 fully saturated rings. The number of hydrogen-bond donors (Lipinski definition) is 0. The summed E-state index contributed by atoms with van der Waals surface area (Å²) in [5, 5.41) is 0. The van der Waals surface area contributed by atoms with E-state index >= 15 is 0 Å². The molecule has 2 aliphatic heterocycles. The zero-order chi connectivity index (χ0) is 19.7. The van der Waals surface area contributed by atoms with Crippen LogP contribution < -0.4 is 0 Å². The first-order valence-corrected chi connectivity index (χ1v) is 11.0. The Bertz CT molecular complexity index is 828. The summed E-state index contributed by atoms with van der Waals surface area (Å²) in [7, 11) is 0. The zero-order valence-corrected chi connectivity index (χ0v) is 17.0. The lowest BCUT2D eigenvalue weighted by molar-refractivity contribution is -0.147. The van der Waals surface area contributed by atoms with E-state index in [4.69, 9.17) is 4.74 Å². The minimum Gasteiger partial charge on any atom is -0.381 e. The van der Waals surface area contributed by atoms with E-state index in [-0.39, 0.29) is 11.9 Å². The van der Waals surface area contributed by atoms with Gasteiger partial charge >= 0.3 is 0 Å². The summed E-state index contributed by atoms with van der Waals surface area (Å²) >= 11 is 0. The van der Waals surface area contributed by atoms with Crippen LogP contribution >= 0.6 is 0 Å². The number of rotatable bonds is 4. The standard InChI is InChI=1S/C25H30N2O2/c28-24(25(13-17-29-18-14-25)21-9-5-2-6-10-21)27-16-15-26(22-11-12-22)19-23(27)20-7-3-1-4-8-20/h1-10,22-23H,11-19H2. The predicted molar refractivity (Wildman–Crippen MR) is 114 cm³/mol. The first-order valence-electron chi connectivity index (χ1n) is 11.0. The topological polar surface area (TPSA) is 32.8 Å². The van der Waals surface area contributed by atoms with Gasteiger partial charge in [0.2, 0.25) is 5.91 Å². The summed E-state index contributed by atoms with van der Waals surface area (Å²) in [6.07, 6.45) is 4.14. The molecule has 29 heavy (non-hydrogen) atoms. The molecular formula is C25H30N2O2. The lowest BCUT2D eigenvalue weighted by Gasteiger charge is -2.47. The molecule has 1 saturated carbocycles. The number of carbonyl (C=O) groups is 1. The minimum atomic E-state index is -0.464.